The highest BCUT2D eigenvalue weighted by Gasteiger charge is 2.26. The highest BCUT2D eigenvalue weighted by Crippen LogP contribution is 2.28. The fourth-order valence-corrected chi connectivity index (χ4v) is 4.23. The molecule has 0 spiro atoms. The van der Waals surface area contributed by atoms with Crippen molar-refractivity contribution >= 4 is 21.7 Å². The number of nitrogens with zero attached hydrogens (tertiary/aromatic N) is 1. The summed E-state index contributed by atoms with van der Waals surface area (Å²) >= 11 is 0. The molecule has 0 radical (unpaired) electrons. The van der Waals surface area contributed by atoms with Gasteiger partial charge in [-0.1, -0.05) is 35.4 Å². The molecule has 0 aliphatic carbocycles. The molecule has 1 N–H and O–H groups in total. The normalized spacial score (nSPS) is 11.3. The Bertz CT molecular complexity index is 857. The molecule has 2 aromatic carbocycles. The lowest BCUT2D eigenvalue weighted by Crippen LogP contribution is -2.33. The Hall–Kier alpha value is -2.34. The Morgan fingerprint density at radius 2 is 1.60 bits per heavy atom. The van der Waals surface area contributed by atoms with Gasteiger partial charge in [-0.25, -0.2) is 8.42 Å². The van der Waals surface area contributed by atoms with E-state index in [2.05, 4.69) is 0 Å². The van der Waals surface area contributed by atoms with Crippen molar-refractivity contribution in [2.24, 2.45) is 0 Å². The molecule has 0 fully saturated rings. The van der Waals surface area contributed by atoms with Gasteiger partial charge < -0.3 is 5.11 Å². The predicted octanol–water partition coefficient (Wildman–Crippen LogP) is 3.67. The van der Waals surface area contributed by atoms with Crippen LogP contribution in [0.3, 0.4) is 0 Å². The number of anilines is 1. The summed E-state index contributed by atoms with van der Waals surface area (Å²) in [5.41, 5.74) is 3.44. The van der Waals surface area contributed by atoms with Crippen LogP contribution in [-0.2, 0) is 14.8 Å². The molecule has 0 aromatic heterocycles. The quantitative estimate of drug-likeness (QED) is 0.816. The van der Waals surface area contributed by atoms with Crippen molar-refractivity contribution in [2.45, 2.75) is 38.5 Å². The van der Waals surface area contributed by atoms with Gasteiger partial charge in [0, 0.05) is 13.0 Å². The van der Waals surface area contributed by atoms with Crippen LogP contribution in [0.2, 0.25) is 0 Å². The average molecular weight is 361 g/mol. The number of aliphatic carboxylic acids is 1. The van der Waals surface area contributed by atoms with Crippen LogP contribution in [0.15, 0.2) is 47.4 Å². The molecule has 0 saturated carbocycles. The topological polar surface area (TPSA) is 74.7 Å². The molecular weight excluding hydrogens is 338 g/mol. The maximum absolute atomic E-state index is 13.1. The van der Waals surface area contributed by atoms with Crippen LogP contribution in [0.1, 0.15) is 29.5 Å². The maximum atomic E-state index is 13.1. The fraction of sp³-hybridized carbons (Fsp3) is 0.316. The standard InChI is InChI=1S/C19H23NO4S/c1-14-6-9-17(10-7-14)25(23,24)20(12-4-5-19(21)22)18-11-8-15(2)13-16(18)3/h6-11,13H,4-5,12H2,1-3H3,(H,21,22). The molecule has 25 heavy (non-hydrogen) atoms. The summed E-state index contributed by atoms with van der Waals surface area (Å²) in [6.07, 6.45) is 0.165. The zero-order valence-corrected chi connectivity index (χ0v) is 15.5. The Balaban J connectivity index is 2.45. The number of aryl methyl sites for hydroxylation is 3. The van der Waals surface area contributed by atoms with E-state index in [9.17, 15) is 13.2 Å². The van der Waals surface area contributed by atoms with Crippen molar-refractivity contribution in [2.75, 3.05) is 10.8 Å². The van der Waals surface area contributed by atoms with E-state index in [1.807, 2.05) is 32.9 Å². The molecule has 134 valence electrons. The molecule has 0 amide bonds. The second-order valence-corrected chi connectivity index (χ2v) is 8.04. The third kappa shape index (κ3) is 4.60. The fourth-order valence-electron chi connectivity index (χ4n) is 2.67. The Kier molecular flexibility index (Phi) is 5.85. The highest BCUT2D eigenvalue weighted by molar-refractivity contribution is 7.92. The molecule has 0 unspecified atom stereocenters. The zero-order chi connectivity index (χ0) is 18.6. The first-order valence-corrected chi connectivity index (χ1v) is 9.54. The van der Waals surface area contributed by atoms with Crippen molar-refractivity contribution < 1.29 is 18.3 Å². The van der Waals surface area contributed by atoms with Crippen LogP contribution >= 0.6 is 0 Å². The van der Waals surface area contributed by atoms with Crippen LogP contribution < -0.4 is 4.31 Å². The first-order chi connectivity index (χ1) is 11.7. The molecule has 0 aliphatic heterocycles. The average Bonchev–Trinajstić information content (AvgIpc) is 2.52. The number of carboxylic acid groups (broad SMARTS) is 1. The van der Waals surface area contributed by atoms with Crippen LogP contribution in [0.25, 0.3) is 0 Å². The minimum absolute atomic E-state index is 0.0785. The van der Waals surface area contributed by atoms with Gasteiger partial charge in [0.25, 0.3) is 10.0 Å². The van der Waals surface area contributed by atoms with Crippen molar-refractivity contribution in [1.29, 1.82) is 0 Å². The van der Waals surface area contributed by atoms with Crippen molar-refractivity contribution in [3.05, 3.63) is 59.2 Å². The van der Waals surface area contributed by atoms with Gasteiger partial charge in [-0.2, -0.15) is 0 Å². The number of hydrogen-bond donors (Lipinski definition) is 1. The third-order valence-electron chi connectivity index (χ3n) is 3.98. The van der Waals surface area contributed by atoms with Crippen molar-refractivity contribution in [3.8, 4) is 0 Å². The summed E-state index contributed by atoms with van der Waals surface area (Å²) in [7, 11) is -3.76. The van der Waals surface area contributed by atoms with E-state index in [-0.39, 0.29) is 24.3 Å². The number of hydrogen-bond acceptors (Lipinski definition) is 3. The van der Waals surface area contributed by atoms with Crippen LogP contribution in [0.5, 0.6) is 0 Å². The van der Waals surface area contributed by atoms with Crippen LogP contribution in [0.4, 0.5) is 5.69 Å². The second-order valence-electron chi connectivity index (χ2n) is 6.18. The van der Waals surface area contributed by atoms with Crippen molar-refractivity contribution in [1.82, 2.24) is 0 Å². The van der Waals surface area contributed by atoms with E-state index < -0.39 is 16.0 Å². The monoisotopic (exact) mass is 361 g/mol. The van der Waals surface area contributed by atoms with E-state index in [1.54, 1.807) is 30.3 Å². The molecule has 0 aliphatic rings. The van der Waals surface area contributed by atoms with E-state index in [4.69, 9.17) is 5.11 Å². The van der Waals surface area contributed by atoms with Gasteiger partial charge in [-0.3, -0.25) is 9.10 Å². The molecule has 0 bridgehead atoms. The molecule has 0 heterocycles. The van der Waals surface area contributed by atoms with Gasteiger partial charge in [-0.05, 0) is 51.0 Å². The number of carbonyl (C=O) groups is 1. The lowest BCUT2D eigenvalue weighted by molar-refractivity contribution is -0.137. The minimum atomic E-state index is -3.76. The highest BCUT2D eigenvalue weighted by atomic mass is 32.2. The summed E-state index contributed by atoms with van der Waals surface area (Å²) in [5.74, 6) is -0.937. The first-order valence-electron chi connectivity index (χ1n) is 8.10. The molecule has 0 atom stereocenters. The van der Waals surface area contributed by atoms with E-state index in [0.717, 1.165) is 16.7 Å². The van der Waals surface area contributed by atoms with E-state index >= 15 is 0 Å². The third-order valence-corrected chi connectivity index (χ3v) is 5.81. The number of carboxylic acids is 1. The Morgan fingerprint density at radius 1 is 1.00 bits per heavy atom. The molecule has 6 heteroatoms. The lowest BCUT2D eigenvalue weighted by Gasteiger charge is -2.26. The largest absolute Gasteiger partial charge is 0.481 e. The van der Waals surface area contributed by atoms with Gasteiger partial charge in [0.2, 0.25) is 0 Å². The SMILES string of the molecule is Cc1ccc(S(=O)(=O)N(CCCC(=O)O)c2ccc(C)cc2C)cc1. The van der Waals surface area contributed by atoms with Crippen LogP contribution in [0, 0.1) is 20.8 Å². The van der Waals surface area contributed by atoms with Crippen LogP contribution in [-0.4, -0.2) is 26.0 Å². The number of sulfonamides is 1. The molecule has 2 aromatic rings. The Labute approximate surface area is 149 Å². The molecule has 5 nitrogen and oxygen atoms in total. The lowest BCUT2D eigenvalue weighted by atomic mass is 10.1. The van der Waals surface area contributed by atoms with Gasteiger partial charge in [0.1, 0.15) is 0 Å². The van der Waals surface area contributed by atoms with E-state index in [1.165, 1.54) is 4.31 Å². The summed E-state index contributed by atoms with van der Waals surface area (Å²) in [6.45, 7) is 5.81. The summed E-state index contributed by atoms with van der Waals surface area (Å²) in [4.78, 5) is 11.0. The molecular formula is C19H23NO4S. The first kappa shape index (κ1) is 19.0. The van der Waals surface area contributed by atoms with Gasteiger partial charge >= 0.3 is 5.97 Å². The number of benzene rings is 2. The Morgan fingerprint density at radius 3 is 2.16 bits per heavy atom. The zero-order valence-electron chi connectivity index (χ0n) is 14.7. The predicted molar refractivity (Wildman–Crippen MR) is 98.5 cm³/mol. The van der Waals surface area contributed by atoms with Gasteiger partial charge in [0.15, 0.2) is 0 Å². The summed E-state index contributed by atoms with van der Waals surface area (Å²) < 4.78 is 27.6. The molecule has 0 saturated heterocycles. The van der Waals surface area contributed by atoms with Gasteiger partial charge in [-0.15, -0.1) is 0 Å². The summed E-state index contributed by atoms with van der Waals surface area (Å²) in [6, 6.07) is 12.2. The maximum Gasteiger partial charge on any atom is 0.303 e. The van der Waals surface area contributed by atoms with Crippen molar-refractivity contribution in [3.63, 3.8) is 0 Å². The smallest absolute Gasteiger partial charge is 0.303 e. The number of rotatable bonds is 7. The summed E-state index contributed by atoms with van der Waals surface area (Å²) in [5, 5.41) is 8.87. The van der Waals surface area contributed by atoms with Gasteiger partial charge in [0.05, 0.1) is 10.6 Å². The molecule has 2 rings (SSSR count). The second kappa shape index (κ2) is 7.70. The minimum Gasteiger partial charge on any atom is -0.481 e. The van der Waals surface area contributed by atoms with E-state index in [0.29, 0.717) is 5.69 Å².